The molecule has 15 heteroatoms. The first-order valence-corrected chi connectivity index (χ1v) is 22.1. The second kappa shape index (κ2) is 21.6. The van der Waals surface area contributed by atoms with Crippen molar-refractivity contribution in [3.8, 4) is 0 Å². The number of nitrogens with one attached hydrogen (secondary N) is 2. The molecule has 1 aromatic rings. The van der Waals surface area contributed by atoms with Gasteiger partial charge in [0.25, 0.3) is 10.0 Å². The molecular weight excluding hydrogens is 751 g/mol. The van der Waals surface area contributed by atoms with Crippen LogP contribution in [-0.4, -0.2) is 123 Å². The van der Waals surface area contributed by atoms with Crippen LogP contribution >= 0.6 is 0 Å². The number of carbonyl (C=O) groups is 5. The van der Waals surface area contributed by atoms with E-state index in [4.69, 9.17) is 9.47 Å². The predicted octanol–water partition coefficient (Wildman–Crippen LogP) is 4.86. The molecule has 2 aliphatic rings. The first kappa shape index (κ1) is 48.0. The minimum atomic E-state index is -4.25. The summed E-state index contributed by atoms with van der Waals surface area (Å²) in [6.45, 7) is 16.4. The normalized spacial score (nSPS) is 21.0. The molecule has 2 fully saturated rings. The molecule has 2 aliphatic heterocycles. The highest BCUT2D eigenvalue weighted by atomic mass is 32.2. The maximum absolute atomic E-state index is 14.4. The standard InChI is InChI=1S/C42H69N5O9S/c1-12-28(6)39(45(9)42(52)33(26(2)3)24-36(49)34-16-13-14-22-46(34)27(4)5)37(55-10)25-38(50)47-23-15-17-35(47)40(56-11)29(7)41(51)44-57(53,54)32-20-18-31(19-21-32)43-30(8)48/h18-21,26-29,33-35,37,39-40H,12-17,22-25H2,1-11H3,(H,43,48)(H,44,51)/t28-,29+,33-,34+,35-,37+,39-,40+/m0/s1. The summed E-state index contributed by atoms with van der Waals surface area (Å²) in [5.41, 5.74) is 0.412. The van der Waals surface area contributed by atoms with E-state index in [-0.39, 0.29) is 65.2 Å². The third-order valence-electron chi connectivity index (χ3n) is 12.1. The fraction of sp³-hybridized carbons (Fsp3) is 0.738. The molecular formula is C42H69N5O9S. The summed E-state index contributed by atoms with van der Waals surface area (Å²) in [5.74, 6) is -2.93. The van der Waals surface area contributed by atoms with Gasteiger partial charge in [0.15, 0.2) is 5.78 Å². The second-order valence-electron chi connectivity index (χ2n) is 16.6. The van der Waals surface area contributed by atoms with Crippen LogP contribution in [0.5, 0.6) is 0 Å². The van der Waals surface area contributed by atoms with Crippen LogP contribution in [0, 0.1) is 23.7 Å². The number of methoxy groups -OCH3 is 2. The summed E-state index contributed by atoms with van der Waals surface area (Å²) in [6.07, 6.45) is 3.43. The molecule has 1 aromatic carbocycles. The van der Waals surface area contributed by atoms with Crippen molar-refractivity contribution in [1.82, 2.24) is 19.4 Å². The maximum atomic E-state index is 14.4. The molecule has 8 atom stereocenters. The van der Waals surface area contributed by atoms with Gasteiger partial charge in [-0.25, -0.2) is 13.1 Å². The van der Waals surface area contributed by atoms with Crippen molar-refractivity contribution in [1.29, 1.82) is 0 Å². The van der Waals surface area contributed by atoms with E-state index >= 15 is 0 Å². The van der Waals surface area contributed by atoms with Gasteiger partial charge in [-0.15, -0.1) is 0 Å². The third kappa shape index (κ3) is 12.3. The number of carbonyl (C=O) groups excluding carboxylic acids is 5. The van der Waals surface area contributed by atoms with Crippen LogP contribution in [0.3, 0.4) is 0 Å². The second-order valence-corrected chi connectivity index (χ2v) is 18.3. The number of likely N-dealkylation sites (tertiary alicyclic amines) is 2. The number of hydrogen-bond donors (Lipinski definition) is 2. The monoisotopic (exact) mass is 819 g/mol. The lowest BCUT2D eigenvalue weighted by atomic mass is 9.83. The molecule has 2 saturated heterocycles. The van der Waals surface area contributed by atoms with Crippen molar-refractivity contribution >= 4 is 45.1 Å². The number of benzene rings is 1. The van der Waals surface area contributed by atoms with Crippen LogP contribution in [0.15, 0.2) is 29.2 Å². The molecule has 0 saturated carbocycles. The minimum Gasteiger partial charge on any atom is -0.379 e. The molecule has 3 rings (SSSR count). The van der Waals surface area contributed by atoms with E-state index in [0.29, 0.717) is 25.1 Å². The van der Waals surface area contributed by atoms with Gasteiger partial charge in [-0.2, -0.15) is 0 Å². The van der Waals surface area contributed by atoms with Gasteiger partial charge in [0.2, 0.25) is 23.6 Å². The topological polar surface area (TPSA) is 172 Å². The van der Waals surface area contributed by atoms with E-state index in [0.717, 1.165) is 32.2 Å². The van der Waals surface area contributed by atoms with E-state index in [9.17, 15) is 32.4 Å². The Labute approximate surface area is 341 Å². The van der Waals surface area contributed by atoms with Gasteiger partial charge >= 0.3 is 0 Å². The zero-order valence-electron chi connectivity index (χ0n) is 36.1. The quantitative estimate of drug-likeness (QED) is 0.185. The number of amides is 4. The number of anilines is 1. The third-order valence-corrected chi connectivity index (χ3v) is 13.5. The number of nitrogens with zero attached hydrogens (tertiary/aromatic N) is 3. The lowest BCUT2D eigenvalue weighted by molar-refractivity contribution is -0.149. The summed E-state index contributed by atoms with van der Waals surface area (Å²) >= 11 is 0. The maximum Gasteiger partial charge on any atom is 0.264 e. The van der Waals surface area contributed by atoms with Crippen molar-refractivity contribution in [2.45, 2.75) is 148 Å². The molecule has 0 spiro atoms. The molecule has 14 nitrogen and oxygen atoms in total. The van der Waals surface area contributed by atoms with E-state index < -0.39 is 52.1 Å². The lowest BCUT2D eigenvalue weighted by Crippen LogP contribution is -2.54. The van der Waals surface area contributed by atoms with Gasteiger partial charge < -0.3 is 24.6 Å². The van der Waals surface area contributed by atoms with Gasteiger partial charge in [0.05, 0.1) is 47.6 Å². The number of hydrogen-bond acceptors (Lipinski definition) is 10. The van der Waals surface area contributed by atoms with E-state index in [1.807, 2.05) is 27.7 Å². The summed E-state index contributed by atoms with van der Waals surface area (Å²) < 4.78 is 40.3. The molecule has 0 aliphatic carbocycles. The van der Waals surface area contributed by atoms with Crippen molar-refractivity contribution < 1.29 is 41.9 Å². The zero-order chi connectivity index (χ0) is 42.8. The molecule has 0 radical (unpaired) electrons. The van der Waals surface area contributed by atoms with Crippen molar-refractivity contribution in [3.63, 3.8) is 0 Å². The SMILES string of the molecule is CC[C@H](C)[C@@H]([C@@H](CC(=O)N1CCC[C@H]1[C@H](OC)[C@@H](C)C(=O)NS(=O)(=O)c1ccc(NC(C)=O)cc1)OC)N(C)C(=O)[C@@H](CC(=O)[C@H]1CCCCN1C(C)C)C(C)C. The van der Waals surface area contributed by atoms with Gasteiger partial charge in [-0.05, 0) is 82.2 Å². The molecule has 322 valence electrons. The van der Waals surface area contributed by atoms with Crippen LogP contribution in [0.4, 0.5) is 5.69 Å². The molecule has 0 aromatic heterocycles. The number of ether oxygens (including phenoxy) is 2. The van der Waals surface area contributed by atoms with Crippen LogP contribution < -0.4 is 10.0 Å². The first-order valence-electron chi connectivity index (χ1n) is 20.6. The number of piperidine rings is 1. The van der Waals surface area contributed by atoms with Crippen LogP contribution in [0.2, 0.25) is 0 Å². The Hall–Kier alpha value is -3.40. The number of Topliss-reactive ketones (excluding diaryl/α,β-unsaturated/α-hetero) is 1. The first-order chi connectivity index (χ1) is 26.8. The number of ketones is 1. The fourth-order valence-corrected chi connectivity index (χ4v) is 9.71. The Morgan fingerprint density at radius 3 is 2.09 bits per heavy atom. The number of rotatable bonds is 20. The zero-order valence-corrected chi connectivity index (χ0v) is 36.9. The summed E-state index contributed by atoms with van der Waals surface area (Å²) in [4.78, 5) is 72.7. The van der Waals surface area contributed by atoms with Gasteiger partial charge in [0, 0.05) is 58.8 Å². The molecule has 2 heterocycles. The molecule has 2 N–H and O–H groups in total. The fourth-order valence-electron chi connectivity index (χ4n) is 8.65. The van der Waals surface area contributed by atoms with E-state index in [1.165, 1.54) is 38.3 Å². The highest BCUT2D eigenvalue weighted by Crippen LogP contribution is 2.32. The molecule has 0 unspecified atom stereocenters. The largest absolute Gasteiger partial charge is 0.379 e. The van der Waals surface area contributed by atoms with Crippen LogP contribution in [0.25, 0.3) is 0 Å². The number of sulfonamides is 1. The molecule has 57 heavy (non-hydrogen) atoms. The molecule has 0 bridgehead atoms. The molecule has 4 amide bonds. The summed E-state index contributed by atoms with van der Waals surface area (Å²) in [7, 11) is 0.481. The van der Waals surface area contributed by atoms with Crippen LogP contribution in [-0.2, 0) is 43.5 Å². The van der Waals surface area contributed by atoms with Gasteiger partial charge in [-0.3, -0.25) is 28.9 Å². The Balaban J connectivity index is 1.77. The highest BCUT2D eigenvalue weighted by molar-refractivity contribution is 7.90. The predicted molar refractivity (Wildman–Crippen MR) is 220 cm³/mol. The smallest absolute Gasteiger partial charge is 0.264 e. The Morgan fingerprint density at radius 2 is 1.54 bits per heavy atom. The van der Waals surface area contributed by atoms with Crippen molar-refractivity contribution in [3.05, 3.63) is 24.3 Å². The Kier molecular flexibility index (Phi) is 18.1. The van der Waals surface area contributed by atoms with E-state index in [2.05, 4.69) is 28.8 Å². The van der Waals surface area contributed by atoms with Crippen molar-refractivity contribution in [2.75, 3.05) is 39.7 Å². The number of likely N-dealkylation sites (N-methyl/N-ethyl adjacent to an activating group) is 1. The minimum absolute atomic E-state index is 0.0316. The average Bonchev–Trinajstić information content (AvgIpc) is 3.65. The lowest BCUT2D eigenvalue weighted by Gasteiger charge is -2.41. The van der Waals surface area contributed by atoms with Gasteiger partial charge in [-0.1, -0.05) is 47.5 Å². The summed E-state index contributed by atoms with van der Waals surface area (Å²) in [5, 5.41) is 2.57. The van der Waals surface area contributed by atoms with E-state index in [1.54, 1.807) is 30.9 Å². The average molecular weight is 820 g/mol. The Morgan fingerprint density at radius 1 is 0.895 bits per heavy atom. The van der Waals surface area contributed by atoms with Gasteiger partial charge in [0.1, 0.15) is 0 Å². The summed E-state index contributed by atoms with van der Waals surface area (Å²) in [6, 6.07) is 4.52. The van der Waals surface area contributed by atoms with Crippen molar-refractivity contribution in [2.24, 2.45) is 23.7 Å². The van der Waals surface area contributed by atoms with Crippen LogP contribution in [0.1, 0.15) is 107 Å². The Bertz CT molecular complexity index is 1640. The highest BCUT2D eigenvalue weighted by Gasteiger charge is 2.44.